The van der Waals surface area contributed by atoms with Gasteiger partial charge in [0.25, 0.3) is 10.0 Å². The molecule has 0 saturated heterocycles. The Morgan fingerprint density at radius 1 is 1.24 bits per heavy atom. The number of nitrogens with one attached hydrogen (secondary N) is 1. The van der Waals surface area contributed by atoms with Gasteiger partial charge in [0.15, 0.2) is 0 Å². The summed E-state index contributed by atoms with van der Waals surface area (Å²) in [6.07, 6.45) is 1.64. The van der Waals surface area contributed by atoms with E-state index < -0.39 is 10.0 Å². The number of benzene rings is 1. The summed E-state index contributed by atoms with van der Waals surface area (Å²) in [6.45, 7) is 0.329. The Bertz CT molecular complexity index is 883. The molecule has 1 aromatic carbocycles. The van der Waals surface area contributed by atoms with Crippen LogP contribution in [0, 0.1) is 0 Å². The molecule has 2 heterocycles. The van der Waals surface area contributed by atoms with Gasteiger partial charge in [-0.3, -0.25) is 9.71 Å². The average molecular weight is 319 g/mol. The van der Waals surface area contributed by atoms with E-state index in [1.54, 1.807) is 29.8 Å². The summed E-state index contributed by atoms with van der Waals surface area (Å²) in [5.74, 6) is 0. The molecule has 3 rings (SSSR count). The summed E-state index contributed by atoms with van der Waals surface area (Å²) >= 11 is 1.33. The van der Waals surface area contributed by atoms with Crippen LogP contribution in [0.2, 0.25) is 0 Å². The van der Waals surface area contributed by atoms with Crippen molar-refractivity contribution in [3.63, 3.8) is 0 Å². The molecule has 21 heavy (non-hydrogen) atoms. The molecule has 0 bridgehead atoms. The highest BCUT2D eigenvalue weighted by atomic mass is 32.2. The molecular formula is C14H13N3O2S2. The Balaban J connectivity index is 2.01. The van der Waals surface area contributed by atoms with Crippen molar-refractivity contribution in [3.8, 4) is 0 Å². The van der Waals surface area contributed by atoms with Crippen LogP contribution in [0.4, 0.5) is 5.69 Å². The van der Waals surface area contributed by atoms with Crippen LogP contribution in [-0.4, -0.2) is 13.4 Å². The van der Waals surface area contributed by atoms with Gasteiger partial charge < -0.3 is 5.73 Å². The smallest absolute Gasteiger partial charge is 0.262 e. The van der Waals surface area contributed by atoms with E-state index in [4.69, 9.17) is 5.73 Å². The summed E-state index contributed by atoms with van der Waals surface area (Å²) in [5.41, 5.74) is 6.61. The molecule has 7 heteroatoms. The molecule has 0 atom stereocenters. The van der Waals surface area contributed by atoms with Gasteiger partial charge in [0, 0.05) is 28.4 Å². The average Bonchev–Trinajstić information content (AvgIpc) is 2.97. The van der Waals surface area contributed by atoms with E-state index in [1.165, 1.54) is 11.3 Å². The fourth-order valence-corrected chi connectivity index (χ4v) is 4.22. The van der Waals surface area contributed by atoms with Gasteiger partial charge in [-0.05, 0) is 18.2 Å². The topological polar surface area (TPSA) is 85.1 Å². The highest BCUT2D eigenvalue weighted by molar-refractivity contribution is 7.92. The second kappa shape index (κ2) is 5.44. The summed E-state index contributed by atoms with van der Waals surface area (Å²) in [6, 6.07) is 10.7. The molecule has 3 N–H and O–H groups in total. The largest absolute Gasteiger partial charge is 0.326 e. The van der Waals surface area contributed by atoms with Crippen LogP contribution < -0.4 is 10.5 Å². The Labute approximate surface area is 126 Å². The minimum atomic E-state index is -3.63. The Kier molecular flexibility index (Phi) is 3.62. The fraction of sp³-hybridized carbons (Fsp3) is 0.0714. The summed E-state index contributed by atoms with van der Waals surface area (Å²) in [4.78, 5) is 5.28. The lowest BCUT2D eigenvalue weighted by Gasteiger charge is -2.08. The van der Waals surface area contributed by atoms with Crippen molar-refractivity contribution in [2.45, 2.75) is 11.4 Å². The van der Waals surface area contributed by atoms with E-state index in [2.05, 4.69) is 9.71 Å². The number of rotatable bonds is 4. The first-order chi connectivity index (χ1) is 10.1. The number of nitrogens with two attached hydrogens (primary N) is 1. The Morgan fingerprint density at radius 2 is 2.05 bits per heavy atom. The van der Waals surface area contributed by atoms with Crippen molar-refractivity contribution >= 4 is 38.0 Å². The third kappa shape index (κ3) is 2.76. The summed E-state index contributed by atoms with van der Waals surface area (Å²) in [5, 5.41) is 2.47. The van der Waals surface area contributed by atoms with Crippen LogP contribution in [0.1, 0.15) is 4.88 Å². The molecule has 0 amide bonds. The van der Waals surface area contributed by atoms with E-state index >= 15 is 0 Å². The van der Waals surface area contributed by atoms with Gasteiger partial charge in [0.1, 0.15) is 0 Å². The molecule has 0 radical (unpaired) electrons. The number of hydrogen-bond acceptors (Lipinski definition) is 5. The lowest BCUT2D eigenvalue weighted by molar-refractivity contribution is 0.601. The number of anilines is 1. The Morgan fingerprint density at radius 3 is 2.81 bits per heavy atom. The minimum absolute atomic E-state index is 0.223. The maximum absolute atomic E-state index is 12.4. The van der Waals surface area contributed by atoms with Crippen LogP contribution in [0.5, 0.6) is 0 Å². The third-order valence-corrected chi connectivity index (χ3v) is 5.47. The lowest BCUT2D eigenvalue weighted by Crippen LogP contribution is -2.12. The molecule has 0 aliphatic rings. The number of sulfonamides is 1. The molecule has 0 aliphatic heterocycles. The first-order valence-corrected chi connectivity index (χ1v) is 8.60. The standard InChI is InChI=1S/C14H13N3O2S2/c15-8-11-7-12(9-20-11)21(18,19)17-13-5-1-3-10-4-2-6-16-14(10)13/h1-7,9,17H,8,15H2. The zero-order valence-electron chi connectivity index (χ0n) is 11.0. The van der Waals surface area contributed by atoms with Gasteiger partial charge in [0.05, 0.1) is 16.1 Å². The van der Waals surface area contributed by atoms with Gasteiger partial charge in [0.2, 0.25) is 0 Å². The number of nitrogens with zero attached hydrogens (tertiary/aromatic N) is 1. The van der Waals surface area contributed by atoms with Crippen LogP contribution in [-0.2, 0) is 16.6 Å². The number of fused-ring (bicyclic) bond motifs is 1. The van der Waals surface area contributed by atoms with Crippen molar-refractivity contribution in [1.29, 1.82) is 0 Å². The molecule has 0 unspecified atom stereocenters. The summed E-state index contributed by atoms with van der Waals surface area (Å²) in [7, 11) is -3.63. The molecule has 0 aliphatic carbocycles. The normalized spacial score (nSPS) is 11.7. The maximum atomic E-state index is 12.4. The van der Waals surface area contributed by atoms with Crippen LogP contribution >= 0.6 is 11.3 Å². The fourth-order valence-electron chi connectivity index (χ4n) is 2.00. The molecule has 3 aromatic rings. The molecule has 2 aromatic heterocycles. The van der Waals surface area contributed by atoms with Crippen molar-refractivity contribution < 1.29 is 8.42 Å². The molecular weight excluding hydrogens is 306 g/mol. The molecule has 0 spiro atoms. The second-order valence-corrected chi connectivity index (χ2v) is 7.12. The van der Waals surface area contributed by atoms with Crippen LogP contribution in [0.25, 0.3) is 10.9 Å². The summed E-state index contributed by atoms with van der Waals surface area (Å²) < 4.78 is 27.4. The zero-order chi connectivity index (χ0) is 14.9. The number of para-hydroxylation sites is 1. The van der Waals surface area contributed by atoms with Crippen molar-refractivity contribution in [3.05, 3.63) is 52.9 Å². The molecule has 0 saturated carbocycles. The highest BCUT2D eigenvalue weighted by Gasteiger charge is 2.17. The van der Waals surface area contributed by atoms with E-state index in [9.17, 15) is 8.42 Å². The number of thiophene rings is 1. The zero-order valence-corrected chi connectivity index (χ0v) is 12.6. The van der Waals surface area contributed by atoms with Gasteiger partial charge in [-0.25, -0.2) is 8.42 Å². The molecule has 0 fully saturated rings. The molecule has 5 nitrogen and oxygen atoms in total. The predicted molar refractivity (Wildman–Crippen MR) is 84.8 cm³/mol. The first kappa shape index (κ1) is 14.0. The monoisotopic (exact) mass is 319 g/mol. The van der Waals surface area contributed by atoms with Gasteiger partial charge >= 0.3 is 0 Å². The van der Waals surface area contributed by atoms with Gasteiger partial charge in [-0.1, -0.05) is 18.2 Å². The number of aromatic nitrogens is 1. The quantitative estimate of drug-likeness (QED) is 0.774. The Hall–Kier alpha value is -1.96. The van der Waals surface area contributed by atoms with E-state index in [-0.39, 0.29) is 4.90 Å². The van der Waals surface area contributed by atoms with Gasteiger partial charge in [-0.2, -0.15) is 0 Å². The van der Waals surface area contributed by atoms with E-state index in [1.807, 2.05) is 18.2 Å². The van der Waals surface area contributed by atoms with Crippen LogP contribution in [0.3, 0.4) is 0 Å². The third-order valence-electron chi connectivity index (χ3n) is 3.02. The highest BCUT2D eigenvalue weighted by Crippen LogP contribution is 2.25. The predicted octanol–water partition coefficient (Wildman–Crippen LogP) is 2.56. The minimum Gasteiger partial charge on any atom is -0.326 e. The van der Waals surface area contributed by atoms with Crippen LogP contribution in [0.15, 0.2) is 52.9 Å². The number of hydrogen-bond donors (Lipinski definition) is 2. The number of pyridine rings is 1. The first-order valence-electron chi connectivity index (χ1n) is 6.24. The maximum Gasteiger partial charge on any atom is 0.262 e. The van der Waals surface area contributed by atoms with Crippen molar-refractivity contribution in [2.24, 2.45) is 5.73 Å². The van der Waals surface area contributed by atoms with Gasteiger partial charge in [-0.15, -0.1) is 11.3 Å². The second-order valence-electron chi connectivity index (χ2n) is 4.44. The van der Waals surface area contributed by atoms with Crippen molar-refractivity contribution in [2.75, 3.05) is 4.72 Å². The molecule has 108 valence electrons. The van der Waals surface area contributed by atoms with E-state index in [0.717, 1.165) is 10.3 Å². The SMILES string of the molecule is NCc1cc(S(=O)(=O)Nc2cccc3cccnc23)cs1. The lowest BCUT2D eigenvalue weighted by atomic mass is 10.2. The van der Waals surface area contributed by atoms with Crippen molar-refractivity contribution in [1.82, 2.24) is 4.98 Å². The van der Waals surface area contributed by atoms with E-state index in [0.29, 0.717) is 17.7 Å².